The predicted octanol–water partition coefficient (Wildman–Crippen LogP) is 2.25. The highest BCUT2D eigenvalue weighted by Crippen LogP contribution is 2.26. The van der Waals surface area contributed by atoms with Crippen LogP contribution < -0.4 is 11.1 Å². The maximum atomic E-state index is 12.7. The van der Waals surface area contributed by atoms with Crippen molar-refractivity contribution in [2.24, 2.45) is 5.73 Å². The molecule has 0 aliphatic carbocycles. The summed E-state index contributed by atoms with van der Waals surface area (Å²) in [6, 6.07) is 9.10. The Hall–Kier alpha value is -2.67. The van der Waals surface area contributed by atoms with E-state index in [9.17, 15) is 14.4 Å². The summed E-state index contributed by atoms with van der Waals surface area (Å²) >= 11 is 1.31. The van der Waals surface area contributed by atoms with Gasteiger partial charge in [0.2, 0.25) is 5.91 Å². The van der Waals surface area contributed by atoms with Gasteiger partial charge < -0.3 is 16.0 Å². The molecule has 6 nitrogen and oxygen atoms in total. The van der Waals surface area contributed by atoms with E-state index in [-0.39, 0.29) is 17.9 Å². The normalized spacial score (nSPS) is 17.0. The molecule has 1 atom stereocenters. The smallest absolute Gasteiger partial charge is 0.258 e. The lowest BCUT2D eigenvalue weighted by molar-refractivity contribution is -0.120. The number of piperidine rings is 1. The third-order valence-corrected chi connectivity index (χ3v) is 5.37. The lowest BCUT2D eigenvalue weighted by Crippen LogP contribution is -2.49. The van der Waals surface area contributed by atoms with Crippen LogP contribution in [0, 0.1) is 0 Å². The second-order valence-electron chi connectivity index (χ2n) is 6.43. The van der Waals surface area contributed by atoms with Crippen molar-refractivity contribution in [2.45, 2.75) is 25.8 Å². The molecule has 1 aromatic heterocycles. The van der Waals surface area contributed by atoms with Crippen LogP contribution in [-0.4, -0.2) is 41.8 Å². The van der Waals surface area contributed by atoms with Gasteiger partial charge in [0.1, 0.15) is 0 Å². The first kappa shape index (κ1) is 18.1. The Morgan fingerprint density at radius 2 is 1.92 bits per heavy atom. The number of likely N-dealkylation sites (tertiary alicyclic amines) is 1. The fourth-order valence-electron chi connectivity index (χ4n) is 3.17. The van der Waals surface area contributed by atoms with Gasteiger partial charge in [-0.25, -0.2) is 0 Å². The van der Waals surface area contributed by atoms with Gasteiger partial charge in [0.15, 0.2) is 0 Å². The fraction of sp³-hybridized carbons (Fsp3) is 0.316. The summed E-state index contributed by atoms with van der Waals surface area (Å²) in [7, 11) is 0. The van der Waals surface area contributed by atoms with E-state index in [0.29, 0.717) is 23.5 Å². The number of primary amides is 1. The largest absolute Gasteiger partial charge is 0.365 e. The Balaban J connectivity index is 1.70. The summed E-state index contributed by atoms with van der Waals surface area (Å²) < 4.78 is 0. The maximum Gasteiger partial charge on any atom is 0.258 e. The zero-order valence-corrected chi connectivity index (χ0v) is 15.3. The number of amides is 3. The van der Waals surface area contributed by atoms with E-state index in [2.05, 4.69) is 5.32 Å². The van der Waals surface area contributed by atoms with Gasteiger partial charge in [-0.05, 0) is 47.5 Å². The van der Waals surface area contributed by atoms with E-state index in [1.54, 1.807) is 23.1 Å². The molecular weight excluding hydrogens is 350 g/mol. The Bertz CT molecular complexity index is 829. The maximum absolute atomic E-state index is 12.7. The number of nitrogens with zero attached hydrogens (tertiary/aromatic N) is 1. The molecule has 1 fully saturated rings. The van der Waals surface area contributed by atoms with E-state index in [4.69, 9.17) is 5.73 Å². The molecule has 0 unspecified atom stereocenters. The third kappa shape index (κ3) is 4.11. The molecule has 1 aliphatic heterocycles. The molecule has 3 rings (SSSR count). The number of thiophene rings is 1. The number of carbonyl (C=O) groups excluding carboxylic acids is 3. The van der Waals surface area contributed by atoms with Crippen molar-refractivity contribution in [1.29, 1.82) is 0 Å². The highest BCUT2D eigenvalue weighted by molar-refractivity contribution is 7.12. The first-order valence-electron chi connectivity index (χ1n) is 8.49. The van der Waals surface area contributed by atoms with Crippen LogP contribution >= 0.6 is 11.3 Å². The summed E-state index contributed by atoms with van der Waals surface area (Å²) in [6.07, 6.45) is 1.77. The average Bonchev–Trinajstić information content (AvgIpc) is 3.11. The molecule has 1 aromatic carbocycles. The van der Waals surface area contributed by atoms with Crippen molar-refractivity contribution in [3.63, 3.8) is 0 Å². The molecule has 2 aromatic rings. The standard InChI is InChI=1S/C19H21N3O3S/c1-12(23)21-16-3-2-8-22(10-16)19(25)14-6-4-13(5-7-14)15-9-17(18(20)24)26-11-15/h4-7,9,11,16H,2-3,8,10H2,1H3,(H2,20,24)(H,21,23)/t16-/m0/s1. The number of benzene rings is 1. The van der Waals surface area contributed by atoms with Gasteiger partial charge >= 0.3 is 0 Å². The molecule has 7 heteroatoms. The van der Waals surface area contributed by atoms with Gasteiger partial charge in [0, 0.05) is 31.6 Å². The lowest BCUT2D eigenvalue weighted by atomic mass is 10.0. The quantitative estimate of drug-likeness (QED) is 0.863. The molecule has 136 valence electrons. The van der Waals surface area contributed by atoms with Gasteiger partial charge in [-0.15, -0.1) is 11.3 Å². The topological polar surface area (TPSA) is 92.5 Å². The van der Waals surface area contributed by atoms with Crippen LogP contribution in [0.15, 0.2) is 35.7 Å². The molecule has 0 bridgehead atoms. The Labute approximate surface area is 156 Å². The summed E-state index contributed by atoms with van der Waals surface area (Å²) in [5.74, 6) is -0.540. The van der Waals surface area contributed by atoms with Gasteiger partial charge in [0.25, 0.3) is 11.8 Å². The molecule has 2 heterocycles. The summed E-state index contributed by atoms with van der Waals surface area (Å²) in [5.41, 5.74) is 7.74. The molecule has 0 spiro atoms. The second-order valence-corrected chi connectivity index (χ2v) is 7.34. The molecule has 3 amide bonds. The molecule has 3 N–H and O–H groups in total. The summed E-state index contributed by atoms with van der Waals surface area (Å²) in [4.78, 5) is 37.5. The van der Waals surface area contributed by atoms with Crippen molar-refractivity contribution >= 4 is 29.1 Å². The minimum Gasteiger partial charge on any atom is -0.365 e. The van der Waals surface area contributed by atoms with Crippen LogP contribution in [0.2, 0.25) is 0 Å². The molecule has 26 heavy (non-hydrogen) atoms. The Morgan fingerprint density at radius 3 is 2.54 bits per heavy atom. The minimum absolute atomic E-state index is 0.0162. The van der Waals surface area contributed by atoms with E-state index in [1.807, 2.05) is 17.5 Å². The van der Waals surface area contributed by atoms with E-state index >= 15 is 0 Å². The van der Waals surface area contributed by atoms with E-state index in [1.165, 1.54) is 18.3 Å². The van der Waals surface area contributed by atoms with Crippen molar-refractivity contribution in [1.82, 2.24) is 10.2 Å². The van der Waals surface area contributed by atoms with Crippen molar-refractivity contribution in [3.05, 3.63) is 46.2 Å². The number of nitrogens with two attached hydrogens (primary N) is 1. The Kier molecular flexibility index (Phi) is 5.37. The minimum atomic E-state index is -0.438. The van der Waals surface area contributed by atoms with Crippen LogP contribution in [0.1, 0.15) is 39.8 Å². The number of hydrogen-bond donors (Lipinski definition) is 2. The van der Waals surface area contributed by atoms with Crippen LogP contribution in [-0.2, 0) is 4.79 Å². The molecule has 1 aliphatic rings. The number of nitrogens with one attached hydrogen (secondary N) is 1. The van der Waals surface area contributed by atoms with E-state index in [0.717, 1.165) is 24.0 Å². The van der Waals surface area contributed by atoms with Crippen LogP contribution in [0.25, 0.3) is 11.1 Å². The van der Waals surface area contributed by atoms with Crippen molar-refractivity contribution in [3.8, 4) is 11.1 Å². The highest BCUT2D eigenvalue weighted by atomic mass is 32.1. The molecule has 0 radical (unpaired) electrons. The third-order valence-electron chi connectivity index (χ3n) is 4.42. The number of rotatable bonds is 4. The molecular formula is C19H21N3O3S. The van der Waals surface area contributed by atoms with E-state index < -0.39 is 5.91 Å². The van der Waals surface area contributed by atoms with Gasteiger partial charge in [0.05, 0.1) is 4.88 Å². The van der Waals surface area contributed by atoms with Crippen LogP contribution in [0.3, 0.4) is 0 Å². The van der Waals surface area contributed by atoms with Crippen molar-refractivity contribution < 1.29 is 14.4 Å². The first-order valence-corrected chi connectivity index (χ1v) is 9.37. The van der Waals surface area contributed by atoms with Gasteiger partial charge in [-0.1, -0.05) is 12.1 Å². The zero-order chi connectivity index (χ0) is 18.7. The average molecular weight is 371 g/mol. The second kappa shape index (κ2) is 7.70. The monoisotopic (exact) mass is 371 g/mol. The zero-order valence-electron chi connectivity index (χ0n) is 14.5. The SMILES string of the molecule is CC(=O)N[C@H]1CCCN(C(=O)c2ccc(-c3csc(C(N)=O)c3)cc2)C1. The molecule has 1 saturated heterocycles. The van der Waals surface area contributed by atoms with Gasteiger partial charge in [-0.2, -0.15) is 0 Å². The first-order chi connectivity index (χ1) is 12.4. The van der Waals surface area contributed by atoms with Crippen LogP contribution in [0.4, 0.5) is 0 Å². The number of carbonyl (C=O) groups is 3. The molecule has 0 saturated carbocycles. The highest BCUT2D eigenvalue weighted by Gasteiger charge is 2.24. The fourth-order valence-corrected chi connectivity index (χ4v) is 3.94. The van der Waals surface area contributed by atoms with Crippen LogP contribution in [0.5, 0.6) is 0 Å². The lowest BCUT2D eigenvalue weighted by Gasteiger charge is -2.33. The van der Waals surface area contributed by atoms with Gasteiger partial charge in [-0.3, -0.25) is 14.4 Å². The Morgan fingerprint density at radius 1 is 1.19 bits per heavy atom. The van der Waals surface area contributed by atoms with Crippen molar-refractivity contribution in [2.75, 3.05) is 13.1 Å². The number of hydrogen-bond acceptors (Lipinski definition) is 4. The summed E-state index contributed by atoms with van der Waals surface area (Å²) in [6.45, 7) is 2.73. The predicted molar refractivity (Wildman–Crippen MR) is 101 cm³/mol. The summed E-state index contributed by atoms with van der Waals surface area (Å²) in [5, 5.41) is 4.77.